The van der Waals surface area contributed by atoms with Crippen LogP contribution in [-0.2, 0) is 4.79 Å². The molecule has 1 amide bonds. The Hall–Kier alpha value is -1.85. The van der Waals surface area contributed by atoms with Crippen LogP contribution in [-0.4, -0.2) is 35.5 Å². The lowest BCUT2D eigenvalue weighted by Crippen LogP contribution is -2.29. The first kappa shape index (κ1) is 17.5. The Balaban J connectivity index is 1.63. The van der Waals surface area contributed by atoms with Crippen molar-refractivity contribution < 1.29 is 4.79 Å². The van der Waals surface area contributed by atoms with Crippen molar-refractivity contribution >= 4 is 17.5 Å². The normalized spacial score (nSPS) is 14.7. The Kier molecular flexibility index (Phi) is 7.10. The lowest BCUT2D eigenvalue weighted by molar-refractivity contribution is -0.121. The number of aryl methyl sites for hydroxylation is 1. The summed E-state index contributed by atoms with van der Waals surface area (Å²) in [5, 5.41) is 9.38. The van der Waals surface area contributed by atoms with Crippen LogP contribution in [0.1, 0.15) is 51.3 Å². The number of carbonyl (C=O) groups is 1. The molecular formula is C17H29N5O. The van der Waals surface area contributed by atoms with E-state index in [1.165, 1.54) is 25.7 Å². The third kappa shape index (κ3) is 6.42. The van der Waals surface area contributed by atoms with Gasteiger partial charge in [0.2, 0.25) is 5.91 Å². The maximum Gasteiger partial charge on any atom is 0.220 e. The van der Waals surface area contributed by atoms with Gasteiger partial charge in [-0.1, -0.05) is 25.7 Å². The minimum atomic E-state index is 0.158. The maximum atomic E-state index is 11.8. The number of nitrogens with one attached hydrogen (secondary N) is 3. The molecule has 0 saturated heterocycles. The van der Waals surface area contributed by atoms with Crippen molar-refractivity contribution in [2.75, 3.05) is 30.3 Å². The first-order valence-electron chi connectivity index (χ1n) is 8.77. The van der Waals surface area contributed by atoms with E-state index < -0.39 is 0 Å². The molecule has 3 N–H and O–H groups in total. The predicted octanol–water partition coefficient (Wildman–Crippen LogP) is 2.72. The zero-order valence-electron chi connectivity index (χ0n) is 14.3. The lowest BCUT2D eigenvalue weighted by atomic mass is 10.0. The molecule has 0 aliphatic heterocycles. The van der Waals surface area contributed by atoms with Crippen molar-refractivity contribution in [1.29, 1.82) is 0 Å². The van der Waals surface area contributed by atoms with Gasteiger partial charge in [0.1, 0.15) is 17.5 Å². The molecule has 6 heteroatoms. The van der Waals surface area contributed by atoms with Gasteiger partial charge in [0.05, 0.1) is 0 Å². The van der Waals surface area contributed by atoms with Crippen molar-refractivity contribution in [3.63, 3.8) is 0 Å². The highest BCUT2D eigenvalue weighted by molar-refractivity contribution is 5.75. The third-order valence-corrected chi connectivity index (χ3v) is 4.20. The number of rotatable bonds is 9. The molecule has 0 atom stereocenters. The standard InChI is InChI=1S/C17H29N5O/c1-3-18-15-12-16(22-13(2)21-15)19-10-11-20-17(23)9-8-14-6-4-5-7-14/h12,14H,3-11H2,1-2H3,(H,20,23)(H2,18,19,21,22). The minimum absolute atomic E-state index is 0.158. The van der Waals surface area contributed by atoms with Crippen molar-refractivity contribution in [1.82, 2.24) is 15.3 Å². The summed E-state index contributed by atoms with van der Waals surface area (Å²) < 4.78 is 0. The molecule has 0 bridgehead atoms. The van der Waals surface area contributed by atoms with E-state index in [-0.39, 0.29) is 5.91 Å². The van der Waals surface area contributed by atoms with Crippen LogP contribution >= 0.6 is 0 Å². The van der Waals surface area contributed by atoms with Gasteiger partial charge in [0.15, 0.2) is 0 Å². The molecule has 1 aliphatic carbocycles. The molecular weight excluding hydrogens is 290 g/mol. The number of nitrogens with zero attached hydrogens (tertiary/aromatic N) is 2. The Labute approximate surface area is 138 Å². The van der Waals surface area contributed by atoms with Gasteiger partial charge in [0, 0.05) is 32.1 Å². The first-order valence-corrected chi connectivity index (χ1v) is 8.77. The first-order chi connectivity index (χ1) is 11.2. The summed E-state index contributed by atoms with van der Waals surface area (Å²) in [7, 11) is 0. The summed E-state index contributed by atoms with van der Waals surface area (Å²) in [5.41, 5.74) is 0. The fourth-order valence-electron chi connectivity index (χ4n) is 3.05. The van der Waals surface area contributed by atoms with Crippen LogP contribution in [0, 0.1) is 12.8 Å². The van der Waals surface area contributed by atoms with Crippen LogP contribution in [0.3, 0.4) is 0 Å². The second-order valence-corrected chi connectivity index (χ2v) is 6.18. The molecule has 6 nitrogen and oxygen atoms in total. The van der Waals surface area contributed by atoms with Crippen LogP contribution in [0.15, 0.2) is 6.07 Å². The van der Waals surface area contributed by atoms with E-state index in [2.05, 4.69) is 25.9 Å². The van der Waals surface area contributed by atoms with Crippen LogP contribution in [0.25, 0.3) is 0 Å². The van der Waals surface area contributed by atoms with Gasteiger partial charge < -0.3 is 16.0 Å². The Morgan fingerprint density at radius 2 is 1.87 bits per heavy atom. The number of hydrogen-bond acceptors (Lipinski definition) is 5. The third-order valence-electron chi connectivity index (χ3n) is 4.20. The van der Waals surface area contributed by atoms with Crippen LogP contribution in [0.2, 0.25) is 0 Å². The molecule has 1 aliphatic rings. The van der Waals surface area contributed by atoms with Gasteiger partial charge in [-0.05, 0) is 26.2 Å². The van der Waals surface area contributed by atoms with E-state index in [4.69, 9.17) is 0 Å². The zero-order chi connectivity index (χ0) is 16.5. The molecule has 1 aromatic rings. The summed E-state index contributed by atoms with van der Waals surface area (Å²) in [4.78, 5) is 20.5. The zero-order valence-corrected chi connectivity index (χ0v) is 14.3. The smallest absolute Gasteiger partial charge is 0.220 e. The highest BCUT2D eigenvalue weighted by Crippen LogP contribution is 2.28. The SMILES string of the molecule is CCNc1cc(NCCNC(=O)CCC2CCCC2)nc(C)n1. The van der Waals surface area contributed by atoms with E-state index in [0.717, 1.165) is 36.3 Å². The number of carbonyl (C=O) groups excluding carboxylic acids is 1. The molecule has 1 heterocycles. The molecule has 1 saturated carbocycles. The van der Waals surface area contributed by atoms with Crippen molar-refractivity contribution in [2.24, 2.45) is 5.92 Å². The molecule has 0 spiro atoms. The Bertz CT molecular complexity index is 500. The van der Waals surface area contributed by atoms with Gasteiger partial charge >= 0.3 is 0 Å². The highest BCUT2D eigenvalue weighted by atomic mass is 16.1. The molecule has 0 aromatic carbocycles. The van der Waals surface area contributed by atoms with Gasteiger partial charge in [-0.15, -0.1) is 0 Å². The topological polar surface area (TPSA) is 78.9 Å². The van der Waals surface area contributed by atoms with E-state index in [1.54, 1.807) is 0 Å². The number of aromatic nitrogens is 2. The molecule has 23 heavy (non-hydrogen) atoms. The van der Waals surface area contributed by atoms with E-state index in [1.807, 2.05) is 19.9 Å². The van der Waals surface area contributed by atoms with E-state index in [9.17, 15) is 4.79 Å². The predicted molar refractivity (Wildman–Crippen MR) is 93.6 cm³/mol. The fraction of sp³-hybridized carbons (Fsp3) is 0.706. The summed E-state index contributed by atoms with van der Waals surface area (Å²) in [6, 6.07) is 1.89. The quantitative estimate of drug-likeness (QED) is 0.610. The fourth-order valence-corrected chi connectivity index (χ4v) is 3.05. The van der Waals surface area contributed by atoms with E-state index in [0.29, 0.717) is 19.5 Å². The molecule has 1 fully saturated rings. The van der Waals surface area contributed by atoms with Crippen molar-refractivity contribution in [3.8, 4) is 0 Å². The number of anilines is 2. The summed E-state index contributed by atoms with van der Waals surface area (Å²) in [5.74, 6) is 3.27. The molecule has 128 valence electrons. The summed E-state index contributed by atoms with van der Waals surface area (Å²) >= 11 is 0. The summed E-state index contributed by atoms with van der Waals surface area (Å²) in [6.07, 6.45) is 6.97. The van der Waals surface area contributed by atoms with Crippen molar-refractivity contribution in [2.45, 2.75) is 52.4 Å². The van der Waals surface area contributed by atoms with Gasteiger partial charge in [-0.25, -0.2) is 9.97 Å². The Morgan fingerprint density at radius 3 is 2.57 bits per heavy atom. The van der Waals surface area contributed by atoms with Crippen LogP contribution in [0.5, 0.6) is 0 Å². The Morgan fingerprint density at radius 1 is 1.17 bits per heavy atom. The monoisotopic (exact) mass is 319 g/mol. The molecule has 2 rings (SSSR count). The minimum Gasteiger partial charge on any atom is -0.370 e. The summed E-state index contributed by atoms with van der Waals surface area (Å²) in [6.45, 7) is 6.01. The largest absolute Gasteiger partial charge is 0.370 e. The van der Waals surface area contributed by atoms with Gasteiger partial charge in [0.25, 0.3) is 0 Å². The number of hydrogen-bond donors (Lipinski definition) is 3. The van der Waals surface area contributed by atoms with Crippen LogP contribution in [0.4, 0.5) is 11.6 Å². The average molecular weight is 319 g/mol. The van der Waals surface area contributed by atoms with Gasteiger partial charge in [-0.3, -0.25) is 4.79 Å². The average Bonchev–Trinajstić information content (AvgIpc) is 3.03. The van der Waals surface area contributed by atoms with Crippen molar-refractivity contribution in [3.05, 3.63) is 11.9 Å². The van der Waals surface area contributed by atoms with Gasteiger partial charge in [-0.2, -0.15) is 0 Å². The molecule has 0 unspecified atom stereocenters. The number of amides is 1. The van der Waals surface area contributed by atoms with Crippen LogP contribution < -0.4 is 16.0 Å². The maximum absolute atomic E-state index is 11.8. The molecule has 0 radical (unpaired) electrons. The highest BCUT2D eigenvalue weighted by Gasteiger charge is 2.15. The second-order valence-electron chi connectivity index (χ2n) is 6.18. The second kappa shape index (κ2) is 9.33. The molecule has 1 aromatic heterocycles. The van der Waals surface area contributed by atoms with E-state index >= 15 is 0 Å². The lowest BCUT2D eigenvalue weighted by Gasteiger charge is -2.11.